The number of unbranched alkanes of at least 4 members (excludes halogenated alkanes) is 6. The normalized spacial score (nSPS) is 13.6. The largest absolute Gasteiger partial charge is 0.396 e. The van der Waals surface area contributed by atoms with Gasteiger partial charge in [-0.05, 0) is 50.9 Å². The zero-order chi connectivity index (χ0) is 17.7. The van der Waals surface area contributed by atoms with Crippen LogP contribution in [0.4, 0.5) is 0 Å². The van der Waals surface area contributed by atoms with E-state index in [9.17, 15) is 5.11 Å². The predicted octanol–water partition coefficient (Wildman–Crippen LogP) is 7.37. The van der Waals surface area contributed by atoms with Crippen LogP contribution in [0.15, 0.2) is 36.5 Å². The van der Waals surface area contributed by atoms with Gasteiger partial charge in [-0.2, -0.15) is 0 Å². The first-order chi connectivity index (χ1) is 11.8. The fourth-order valence-corrected chi connectivity index (χ4v) is 2.96. The molecule has 0 rings (SSSR count). The topological polar surface area (TPSA) is 20.2 Å². The quantitative estimate of drug-likeness (QED) is 0.217. The molecule has 0 aliphatic rings. The third kappa shape index (κ3) is 17.5. The van der Waals surface area contributed by atoms with Crippen molar-refractivity contribution in [3.8, 4) is 0 Å². The molecule has 1 unspecified atom stereocenters. The molecule has 0 bridgehead atoms. The Hall–Kier alpha value is -0.820. The van der Waals surface area contributed by atoms with E-state index in [-0.39, 0.29) is 0 Å². The van der Waals surface area contributed by atoms with Crippen molar-refractivity contribution in [3.05, 3.63) is 36.5 Å². The molecule has 0 fully saturated rings. The van der Waals surface area contributed by atoms with Crippen LogP contribution in [-0.2, 0) is 0 Å². The van der Waals surface area contributed by atoms with Crippen LogP contribution in [0.3, 0.4) is 0 Å². The van der Waals surface area contributed by atoms with Crippen molar-refractivity contribution in [3.63, 3.8) is 0 Å². The fourth-order valence-electron chi connectivity index (χ4n) is 2.96. The van der Waals surface area contributed by atoms with Gasteiger partial charge in [0.05, 0.1) is 0 Å². The molecule has 0 aromatic rings. The predicted molar refractivity (Wildman–Crippen MR) is 109 cm³/mol. The molecule has 0 saturated carbocycles. The Kier molecular flexibility index (Phi) is 19.5. The van der Waals surface area contributed by atoms with Crippen LogP contribution in [0, 0.1) is 5.92 Å². The number of aliphatic hydroxyl groups excluding tert-OH is 1. The molecular formula is C23H42O. The molecule has 0 aromatic carbocycles. The highest BCUT2D eigenvalue weighted by Gasteiger charge is 2.05. The summed E-state index contributed by atoms with van der Waals surface area (Å²) in [5.41, 5.74) is 0. The molecule has 140 valence electrons. The van der Waals surface area contributed by atoms with Crippen LogP contribution in [0.5, 0.6) is 0 Å². The third-order valence-electron chi connectivity index (χ3n) is 4.47. The smallest absolute Gasteiger partial charge is 0.0459 e. The van der Waals surface area contributed by atoms with Crippen molar-refractivity contribution >= 4 is 0 Å². The summed E-state index contributed by atoms with van der Waals surface area (Å²) < 4.78 is 0. The molecule has 0 heterocycles. The molecule has 0 aromatic heterocycles. The molecule has 1 atom stereocenters. The van der Waals surface area contributed by atoms with Gasteiger partial charge in [0.2, 0.25) is 0 Å². The lowest BCUT2D eigenvalue weighted by Gasteiger charge is -2.12. The van der Waals surface area contributed by atoms with Crippen LogP contribution >= 0.6 is 0 Å². The second-order valence-corrected chi connectivity index (χ2v) is 6.83. The van der Waals surface area contributed by atoms with E-state index in [1.54, 1.807) is 0 Å². The van der Waals surface area contributed by atoms with Crippen LogP contribution in [0.2, 0.25) is 0 Å². The van der Waals surface area contributed by atoms with Gasteiger partial charge in [-0.15, -0.1) is 0 Å². The van der Waals surface area contributed by atoms with E-state index < -0.39 is 0 Å². The van der Waals surface area contributed by atoms with Crippen molar-refractivity contribution in [2.45, 2.75) is 97.3 Å². The Morgan fingerprint density at radius 1 is 0.667 bits per heavy atom. The fraction of sp³-hybridized carbons (Fsp3) is 0.739. The van der Waals surface area contributed by atoms with Gasteiger partial charge < -0.3 is 5.11 Å². The van der Waals surface area contributed by atoms with Crippen LogP contribution in [0.25, 0.3) is 0 Å². The first-order valence-corrected chi connectivity index (χ1v) is 10.4. The van der Waals surface area contributed by atoms with Gasteiger partial charge in [-0.25, -0.2) is 0 Å². The van der Waals surface area contributed by atoms with Crippen molar-refractivity contribution in [1.29, 1.82) is 0 Å². The van der Waals surface area contributed by atoms with Gasteiger partial charge in [0.15, 0.2) is 0 Å². The van der Waals surface area contributed by atoms with E-state index >= 15 is 0 Å². The maximum atomic E-state index is 9.27. The van der Waals surface area contributed by atoms with E-state index in [0.717, 1.165) is 19.3 Å². The van der Waals surface area contributed by atoms with E-state index in [0.29, 0.717) is 12.5 Å². The highest BCUT2D eigenvalue weighted by Crippen LogP contribution is 2.16. The number of allylic oxidation sites excluding steroid dienone is 6. The van der Waals surface area contributed by atoms with Gasteiger partial charge >= 0.3 is 0 Å². The monoisotopic (exact) mass is 334 g/mol. The summed E-state index contributed by atoms with van der Waals surface area (Å²) in [6.07, 6.45) is 29.8. The molecule has 0 aliphatic carbocycles. The van der Waals surface area contributed by atoms with Crippen LogP contribution < -0.4 is 0 Å². The molecule has 1 nitrogen and oxygen atoms in total. The minimum atomic E-state index is 0.380. The second kappa shape index (κ2) is 20.2. The summed E-state index contributed by atoms with van der Waals surface area (Å²) in [6.45, 7) is 4.76. The van der Waals surface area contributed by atoms with Gasteiger partial charge in [0, 0.05) is 6.61 Å². The summed E-state index contributed by atoms with van der Waals surface area (Å²) in [4.78, 5) is 0. The Bertz CT molecular complexity index is 314. The Morgan fingerprint density at radius 3 is 1.88 bits per heavy atom. The summed E-state index contributed by atoms with van der Waals surface area (Å²) in [6, 6.07) is 0. The van der Waals surface area contributed by atoms with Crippen LogP contribution in [-0.4, -0.2) is 11.7 Å². The molecule has 0 aliphatic heterocycles. The van der Waals surface area contributed by atoms with E-state index in [1.165, 1.54) is 64.2 Å². The summed E-state index contributed by atoms with van der Waals surface area (Å²) in [5, 5.41) is 9.27. The highest BCUT2D eigenvalue weighted by atomic mass is 16.3. The Labute approximate surface area is 151 Å². The minimum absolute atomic E-state index is 0.380. The number of hydrogen-bond donors (Lipinski definition) is 1. The molecule has 0 saturated heterocycles. The highest BCUT2D eigenvalue weighted by molar-refractivity contribution is 4.96. The maximum absolute atomic E-state index is 9.27. The molecule has 0 spiro atoms. The third-order valence-corrected chi connectivity index (χ3v) is 4.47. The van der Waals surface area contributed by atoms with Crippen molar-refractivity contribution < 1.29 is 5.11 Å². The second-order valence-electron chi connectivity index (χ2n) is 6.83. The van der Waals surface area contributed by atoms with Crippen molar-refractivity contribution in [2.75, 3.05) is 6.61 Å². The van der Waals surface area contributed by atoms with Crippen LogP contribution in [0.1, 0.15) is 97.3 Å². The summed E-state index contributed by atoms with van der Waals surface area (Å²) in [7, 11) is 0. The lowest BCUT2D eigenvalue weighted by molar-refractivity contribution is 0.206. The first kappa shape index (κ1) is 23.2. The molecule has 24 heavy (non-hydrogen) atoms. The Balaban J connectivity index is 3.30. The maximum Gasteiger partial charge on any atom is 0.0459 e. The zero-order valence-corrected chi connectivity index (χ0v) is 16.4. The standard InChI is InChI=1S/C23H42O/c1-3-5-6-7-8-9-10-11-12-13-14-15-16-17-18-19-21-23(22-24)20-4-2/h5-6,8-9,11-12,23-24H,3-4,7,10,13-22H2,1-2H3. The average molecular weight is 335 g/mol. The van der Waals surface area contributed by atoms with Gasteiger partial charge in [-0.1, -0.05) is 88.8 Å². The SMILES string of the molecule is CCC=CCC=CCC=CCCCCCCCCC(CO)CCC. The molecule has 0 amide bonds. The molecule has 0 radical (unpaired) electrons. The van der Waals surface area contributed by atoms with Gasteiger partial charge in [0.1, 0.15) is 0 Å². The lowest BCUT2D eigenvalue weighted by atomic mass is 9.97. The molecule has 1 heteroatoms. The average Bonchev–Trinajstić information content (AvgIpc) is 2.60. The van der Waals surface area contributed by atoms with E-state index in [1.807, 2.05) is 0 Å². The van der Waals surface area contributed by atoms with Gasteiger partial charge in [-0.3, -0.25) is 0 Å². The van der Waals surface area contributed by atoms with E-state index in [4.69, 9.17) is 0 Å². The number of hydrogen-bond acceptors (Lipinski definition) is 1. The summed E-state index contributed by atoms with van der Waals surface area (Å²) >= 11 is 0. The number of aliphatic hydroxyl groups is 1. The zero-order valence-electron chi connectivity index (χ0n) is 16.4. The molecule has 1 N–H and O–H groups in total. The van der Waals surface area contributed by atoms with Gasteiger partial charge in [0.25, 0.3) is 0 Å². The van der Waals surface area contributed by atoms with Crippen molar-refractivity contribution in [2.24, 2.45) is 5.92 Å². The number of rotatable bonds is 17. The first-order valence-electron chi connectivity index (χ1n) is 10.4. The minimum Gasteiger partial charge on any atom is -0.396 e. The Morgan fingerprint density at radius 2 is 1.25 bits per heavy atom. The summed E-state index contributed by atoms with van der Waals surface area (Å²) in [5.74, 6) is 0.553. The van der Waals surface area contributed by atoms with E-state index in [2.05, 4.69) is 50.3 Å². The lowest BCUT2D eigenvalue weighted by Crippen LogP contribution is -2.05. The van der Waals surface area contributed by atoms with Crippen molar-refractivity contribution in [1.82, 2.24) is 0 Å². The molecular weight excluding hydrogens is 292 g/mol.